The van der Waals surface area contributed by atoms with Crippen LogP contribution in [0, 0.1) is 6.92 Å². The number of aryl methyl sites for hydroxylation is 3. The molecule has 0 saturated carbocycles. The Balaban J connectivity index is 1.78. The van der Waals surface area contributed by atoms with Crippen molar-refractivity contribution < 1.29 is 0 Å². The standard InChI is InChI=1S/C16H16ClN5/c1-10-5-6-11(8-12(10)17)20-15-14-16(19-9-18-15)22-7-3-2-4-13(22)21-14/h5-6,8-9H,2-4,7H2,1H3,(H,18,19,20). The predicted octanol–water partition coefficient (Wildman–Crippen LogP) is 3.87. The normalized spacial score (nSPS) is 14.1. The van der Waals surface area contributed by atoms with Crippen LogP contribution in [0.2, 0.25) is 5.02 Å². The smallest absolute Gasteiger partial charge is 0.165 e. The minimum atomic E-state index is 0.729. The second kappa shape index (κ2) is 5.25. The van der Waals surface area contributed by atoms with Gasteiger partial charge in [0.25, 0.3) is 0 Å². The summed E-state index contributed by atoms with van der Waals surface area (Å²) in [6.45, 7) is 2.97. The van der Waals surface area contributed by atoms with Gasteiger partial charge in [0, 0.05) is 23.7 Å². The van der Waals surface area contributed by atoms with E-state index in [0.717, 1.165) is 52.0 Å². The van der Waals surface area contributed by atoms with Crippen molar-refractivity contribution in [1.29, 1.82) is 0 Å². The molecular weight excluding hydrogens is 298 g/mol. The highest BCUT2D eigenvalue weighted by Gasteiger charge is 2.18. The van der Waals surface area contributed by atoms with Crippen molar-refractivity contribution in [1.82, 2.24) is 19.5 Å². The lowest BCUT2D eigenvalue weighted by Crippen LogP contribution is -2.10. The number of fused-ring (bicyclic) bond motifs is 3. The molecule has 1 N–H and O–H groups in total. The summed E-state index contributed by atoms with van der Waals surface area (Å²) in [5.41, 5.74) is 3.69. The van der Waals surface area contributed by atoms with E-state index in [2.05, 4.69) is 19.9 Å². The maximum Gasteiger partial charge on any atom is 0.165 e. The second-order valence-electron chi connectivity index (χ2n) is 5.62. The summed E-state index contributed by atoms with van der Waals surface area (Å²) in [7, 11) is 0. The number of halogens is 1. The SMILES string of the molecule is Cc1ccc(Nc2ncnc3c2nc2n3CCCC2)cc1Cl. The number of aromatic nitrogens is 4. The van der Waals surface area contributed by atoms with Crippen LogP contribution in [-0.4, -0.2) is 19.5 Å². The zero-order valence-corrected chi connectivity index (χ0v) is 13.1. The van der Waals surface area contributed by atoms with Crippen LogP contribution >= 0.6 is 11.6 Å². The van der Waals surface area contributed by atoms with Crippen LogP contribution in [0.15, 0.2) is 24.5 Å². The Bertz CT molecular complexity index is 855. The third-order valence-electron chi connectivity index (χ3n) is 4.08. The summed E-state index contributed by atoms with van der Waals surface area (Å²) in [4.78, 5) is 13.5. The van der Waals surface area contributed by atoms with Crippen molar-refractivity contribution in [2.24, 2.45) is 0 Å². The highest BCUT2D eigenvalue weighted by Crippen LogP contribution is 2.28. The predicted molar refractivity (Wildman–Crippen MR) is 87.7 cm³/mol. The minimum Gasteiger partial charge on any atom is -0.338 e. The average molecular weight is 314 g/mol. The molecule has 0 fully saturated rings. The molecule has 22 heavy (non-hydrogen) atoms. The van der Waals surface area contributed by atoms with Crippen LogP contribution in [0.4, 0.5) is 11.5 Å². The number of benzene rings is 1. The fraction of sp³-hybridized carbons (Fsp3) is 0.312. The van der Waals surface area contributed by atoms with Gasteiger partial charge in [-0.15, -0.1) is 0 Å². The molecule has 0 spiro atoms. The van der Waals surface area contributed by atoms with E-state index in [0.29, 0.717) is 0 Å². The molecule has 0 aliphatic carbocycles. The molecule has 0 atom stereocenters. The van der Waals surface area contributed by atoms with Gasteiger partial charge in [-0.05, 0) is 37.5 Å². The Morgan fingerprint density at radius 3 is 3.00 bits per heavy atom. The lowest BCUT2D eigenvalue weighted by atomic mass is 10.2. The van der Waals surface area contributed by atoms with Gasteiger partial charge >= 0.3 is 0 Å². The van der Waals surface area contributed by atoms with Gasteiger partial charge in [-0.1, -0.05) is 17.7 Å². The van der Waals surface area contributed by atoms with Crippen molar-refractivity contribution in [3.05, 3.63) is 40.9 Å². The monoisotopic (exact) mass is 313 g/mol. The van der Waals surface area contributed by atoms with E-state index >= 15 is 0 Å². The molecule has 0 bridgehead atoms. The molecule has 0 amide bonds. The third-order valence-corrected chi connectivity index (χ3v) is 4.48. The first-order valence-corrected chi connectivity index (χ1v) is 7.83. The number of nitrogens with zero attached hydrogens (tertiary/aromatic N) is 4. The molecule has 112 valence electrons. The van der Waals surface area contributed by atoms with E-state index < -0.39 is 0 Å². The summed E-state index contributed by atoms with van der Waals surface area (Å²) < 4.78 is 2.20. The first kappa shape index (κ1) is 13.5. The van der Waals surface area contributed by atoms with Crippen molar-refractivity contribution >= 4 is 34.3 Å². The number of nitrogens with one attached hydrogen (secondary N) is 1. The van der Waals surface area contributed by atoms with Gasteiger partial charge in [-0.25, -0.2) is 15.0 Å². The van der Waals surface area contributed by atoms with Gasteiger partial charge in [0.05, 0.1) is 0 Å². The molecule has 0 saturated heterocycles. The lowest BCUT2D eigenvalue weighted by molar-refractivity contribution is 0.530. The van der Waals surface area contributed by atoms with Crippen LogP contribution in [-0.2, 0) is 13.0 Å². The number of imidazole rings is 1. The van der Waals surface area contributed by atoms with Crippen molar-refractivity contribution in [2.75, 3.05) is 5.32 Å². The first-order chi connectivity index (χ1) is 10.7. The first-order valence-electron chi connectivity index (χ1n) is 7.45. The van der Waals surface area contributed by atoms with Crippen molar-refractivity contribution in [3.63, 3.8) is 0 Å². The van der Waals surface area contributed by atoms with Gasteiger partial charge in [-0.2, -0.15) is 0 Å². The summed E-state index contributed by atoms with van der Waals surface area (Å²) in [5.74, 6) is 1.83. The van der Waals surface area contributed by atoms with E-state index in [9.17, 15) is 0 Å². The lowest BCUT2D eigenvalue weighted by Gasteiger charge is -2.13. The molecular formula is C16H16ClN5. The van der Waals surface area contributed by atoms with Crippen molar-refractivity contribution in [3.8, 4) is 0 Å². The van der Waals surface area contributed by atoms with Crippen LogP contribution in [0.1, 0.15) is 24.2 Å². The molecule has 1 aliphatic heterocycles. The Kier molecular flexibility index (Phi) is 3.22. The Hall–Kier alpha value is -2.14. The van der Waals surface area contributed by atoms with Crippen LogP contribution in [0.5, 0.6) is 0 Å². The molecule has 6 heteroatoms. The fourth-order valence-electron chi connectivity index (χ4n) is 2.86. The van der Waals surface area contributed by atoms with Gasteiger partial charge in [0.15, 0.2) is 17.0 Å². The second-order valence-corrected chi connectivity index (χ2v) is 6.03. The highest BCUT2D eigenvalue weighted by atomic mass is 35.5. The maximum absolute atomic E-state index is 6.19. The molecule has 1 aliphatic rings. The quantitative estimate of drug-likeness (QED) is 0.780. The average Bonchev–Trinajstić information content (AvgIpc) is 2.91. The Morgan fingerprint density at radius 2 is 2.14 bits per heavy atom. The number of rotatable bonds is 2. The number of hydrogen-bond donors (Lipinski definition) is 1. The number of hydrogen-bond acceptors (Lipinski definition) is 4. The summed E-state index contributed by atoms with van der Waals surface area (Å²) in [6.07, 6.45) is 4.96. The van der Waals surface area contributed by atoms with Crippen LogP contribution in [0.3, 0.4) is 0 Å². The molecule has 5 nitrogen and oxygen atoms in total. The van der Waals surface area contributed by atoms with E-state index in [-0.39, 0.29) is 0 Å². The fourth-order valence-corrected chi connectivity index (χ4v) is 3.04. The van der Waals surface area contributed by atoms with E-state index in [1.807, 2.05) is 25.1 Å². The largest absolute Gasteiger partial charge is 0.338 e. The summed E-state index contributed by atoms with van der Waals surface area (Å²) in [6, 6.07) is 5.88. The van der Waals surface area contributed by atoms with Gasteiger partial charge in [0.1, 0.15) is 12.2 Å². The zero-order valence-electron chi connectivity index (χ0n) is 12.3. The molecule has 0 radical (unpaired) electrons. The Labute approximate surface area is 133 Å². The third kappa shape index (κ3) is 2.22. The van der Waals surface area contributed by atoms with Gasteiger partial charge in [-0.3, -0.25) is 0 Å². The maximum atomic E-state index is 6.19. The topological polar surface area (TPSA) is 55.6 Å². The van der Waals surface area contributed by atoms with Crippen LogP contribution in [0.25, 0.3) is 11.2 Å². The summed E-state index contributed by atoms with van der Waals surface area (Å²) in [5, 5.41) is 4.05. The van der Waals surface area contributed by atoms with E-state index in [1.54, 1.807) is 6.33 Å². The van der Waals surface area contributed by atoms with Crippen molar-refractivity contribution in [2.45, 2.75) is 32.7 Å². The molecule has 0 unspecified atom stereocenters. The van der Waals surface area contributed by atoms with Gasteiger partial charge < -0.3 is 9.88 Å². The van der Waals surface area contributed by atoms with Crippen LogP contribution < -0.4 is 5.32 Å². The molecule has 3 heterocycles. The van der Waals surface area contributed by atoms with Gasteiger partial charge in [0.2, 0.25) is 0 Å². The summed E-state index contributed by atoms with van der Waals surface area (Å²) >= 11 is 6.19. The van der Waals surface area contributed by atoms with E-state index in [4.69, 9.17) is 16.6 Å². The molecule has 4 rings (SSSR count). The highest BCUT2D eigenvalue weighted by molar-refractivity contribution is 6.31. The molecule has 1 aromatic carbocycles. The van der Waals surface area contributed by atoms with E-state index in [1.165, 1.54) is 12.8 Å². The number of anilines is 2. The zero-order chi connectivity index (χ0) is 15.1. The molecule has 2 aromatic heterocycles. The Morgan fingerprint density at radius 1 is 1.23 bits per heavy atom. The minimum absolute atomic E-state index is 0.729. The molecule has 3 aromatic rings.